The second kappa shape index (κ2) is 4.69. The first-order chi connectivity index (χ1) is 6.20. The number of aliphatic hydroxyl groups excluding tert-OH is 1. The van der Waals surface area contributed by atoms with E-state index in [1.54, 1.807) is 18.4 Å². The monoisotopic (exact) mass is 202 g/mol. The van der Waals surface area contributed by atoms with Gasteiger partial charge in [-0.1, -0.05) is 11.3 Å². The quantitative estimate of drug-likeness (QED) is 0.740. The molecule has 4 heteroatoms. The van der Waals surface area contributed by atoms with Crippen LogP contribution in [0.25, 0.3) is 0 Å². The molecule has 0 amide bonds. The predicted octanol–water partition coefficient (Wildman–Crippen LogP) is 1.04. The van der Waals surface area contributed by atoms with Crippen LogP contribution in [0.3, 0.4) is 0 Å². The molecule has 1 unspecified atom stereocenters. The van der Waals surface area contributed by atoms with Gasteiger partial charge < -0.3 is 9.84 Å². The predicted molar refractivity (Wildman–Crippen MR) is 51.8 cm³/mol. The van der Waals surface area contributed by atoms with Gasteiger partial charge in [-0.3, -0.25) is 0 Å². The zero-order chi connectivity index (χ0) is 9.84. The number of hydrogen-bond acceptors (Lipinski definition) is 3. The van der Waals surface area contributed by atoms with E-state index in [1.165, 1.54) is 10.6 Å². The Bertz CT molecular complexity index is 273. The molecule has 0 fully saturated rings. The zero-order valence-electron chi connectivity index (χ0n) is 8.28. The first kappa shape index (κ1) is 10.6. The molecular formula is C9H16NO2S+. The topological polar surface area (TPSA) is 33.3 Å². The van der Waals surface area contributed by atoms with Gasteiger partial charge in [-0.15, -0.1) is 0 Å². The minimum absolute atomic E-state index is 0.0729. The Morgan fingerprint density at radius 3 is 2.92 bits per heavy atom. The van der Waals surface area contributed by atoms with Gasteiger partial charge in [-0.25, -0.2) is 0 Å². The molecule has 1 aromatic rings. The third kappa shape index (κ3) is 2.27. The molecule has 0 aliphatic heterocycles. The second-order valence-electron chi connectivity index (χ2n) is 2.95. The molecule has 0 aliphatic carbocycles. The van der Waals surface area contributed by atoms with Crippen molar-refractivity contribution in [1.82, 2.24) is 0 Å². The van der Waals surface area contributed by atoms with Crippen LogP contribution in [0.1, 0.15) is 23.7 Å². The molecule has 1 atom stereocenters. The van der Waals surface area contributed by atoms with Gasteiger partial charge in [-0.05, 0) is 0 Å². The van der Waals surface area contributed by atoms with E-state index in [-0.39, 0.29) is 12.8 Å². The Balaban J connectivity index is 2.85. The molecule has 1 aromatic heterocycles. The maximum Gasteiger partial charge on any atom is 0.260 e. The maximum absolute atomic E-state index is 8.82. The van der Waals surface area contributed by atoms with E-state index in [2.05, 4.69) is 11.5 Å². The fourth-order valence-electron chi connectivity index (χ4n) is 1.24. The average Bonchev–Trinajstić information content (AvgIpc) is 2.48. The van der Waals surface area contributed by atoms with E-state index in [0.717, 1.165) is 6.42 Å². The van der Waals surface area contributed by atoms with E-state index < -0.39 is 0 Å². The molecule has 0 radical (unpaired) electrons. The second-order valence-corrected chi connectivity index (χ2v) is 3.89. The van der Waals surface area contributed by atoms with Crippen molar-refractivity contribution in [2.75, 3.05) is 13.7 Å². The average molecular weight is 202 g/mol. The fourth-order valence-corrected chi connectivity index (χ4v) is 2.30. The number of nitrogens with zero attached hydrogens (tertiary/aromatic N) is 1. The van der Waals surface area contributed by atoms with Crippen LogP contribution < -0.4 is 4.57 Å². The van der Waals surface area contributed by atoms with Crippen molar-refractivity contribution in [3.63, 3.8) is 0 Å². The standard InChI is InChI=1S/C9H16NO2S/c1-7-9(4-5-11)13-6-10(7)8(2)12-3/h6,8,11H,4-5H2,1-3H3/q+1. The molecule has 1 rings (SSSR count). The summed E-state index contributed by atoms with van der Waals surface area (Å²) in [6.07, 6.45) is 0.809. The number of thiazole rings is 1. The molecule has 13 heavy (non-hydrogen) atoms. The van der Waals surface area contributed by atoms with E-state index >= 15 is 0 Å². The van der Waals surface area contributed by atoms with Gasteiger partial charge in [0.2, 0.25) is 5.51 Å². The van der Waals surface area contributed by atoms with Gasteiger partial charge in [-0.2, -0.15) is 4.57 Å². The summed E-state index contributed by atoms with van der Waals surface area (Å²) in [4.78, 5) is 1.23. The number of ether oxygens (including phenoxy) is 1. The highest BCUT2D eigenvalue weighted by Crippen LogP contribution is 2.13. The summed E-state index contributed by atoms with van der Waals surface area (Å²) in [6.45, 7) is 4.27. The molecule has 0 saturated heterocycles. The first-order valence-electron chi connectivity index (χ1n) is 4.32. The maximum atomic E-state index is 8.82. The molecule has 0 saturated carbocycles. The fraction of sp³-hybridized carbons (Fsp3) is 0.667. The van der Waals surface area contributed by atoms with E-state index in [9.17, 15) is 0 Å². The Hall–Kier alpha value is -0.450. The lowest BCUT2D eigenvalue weighted by Gasteiger charge is -2.02. The Labute approximate surface area is 82.6 Å². The summed E-state index contributed by atoms with van der Waals surface area (Å²) in [5, 5.41) is 8.82. The van der Waals surface area contributed by atoms with Gasteiger partial charge in [0.05, 0.1) is 4.88 Å². The van der Waals surface area contributed by atoms with Gasteiger partial charge in [0, 0.05) is 34.0 Å². The highest BCUT2D eigenvalue weighted by molar-refractivity contribution is 7.09. The number of rotatable bonds is 4. The van der Waals surface area contributed by atoms with Crippen molar-refractivity contribution in [2.24, 2.45) is 0 Å². The largest absolute Gasteiger partial charge is 0.396 e. The van der Waals surface area contributed by atoms with E-state index in [0.29, 0.717) is 0 Å². The lowest BCUT2D eigenvalue weighted by molar-refractivity contribution is -0.758. The molecule has 1 N–H and O–H groups in total. The Morgan fingerprint density at radius 1 is 1.69 bits per heavy atom. The van der Waals surface area contributed by atoms with Gasteiger partial charge in [0.1, 0.15) is 0 Å². The minimum Gasteiger partial charge on any atom is -0.396 e. The number of hydrogen-bond donors (Lipinski definition) is 1. The van der Waals surface area contributed by atoms with Crippen LogP contribution in [0.2, 0.25) is 0 Å². The molecule has 1 heterocycles. The van der Waals surface area contributed by atoms with Crippen molar-refractivity contribution < 1.29 is 14.4 Å². The van der Waals surface area contributed by atoms with Crippen LogP contribution in [0, 0.1) is 6.92 Å². The smallest absolute Gasteiger partial charge is 0.260 e. The highest BCUT2D eigenvalue weighted by Gasteiger charge is 2.19. The number of aromatic nitrogens is 1. The molecule has 0 aromatic carbocycles. The van der Waals surface area contributed by atoms with Crippen molar-refractivity contribution in [3.8, 4) is 0 Å². The first-order valence-corrected chi connectivity index (χ1v) is 5.20. The van der Waals surface area contributed by atoms with Crippen LogP contribution >= 0.6 is 11.3 Å². The van der Waals surface area contributed by atoms with Gasteiger partial charge >= 0.3 is 0 Å². The van der Waals surface area contributed by atoms with E-state index in [1.807, 2.05) is 12.4 Å². The molecular weight excluding hydrogens is 186 g/mol. The molecule has 74 valence electrons. The summed E-state index contributed by atoms with van der Waals surface area (Å²) < 4.78 is 7.29. The summed E-state index contributed by atoms with van der Waals surface area (Å²) in [5.74, 6) is 0. The molecule has 0 spiro atoms. The SMILES string of the molecule is COC(C)[n+]1csc(CCO)c1C. The summed E-state index contributed by atoms with van der Waals surface area (Å²) >= 11 is 1.67. The van der Waals surface area contributed by atoms with E-state index in [4.69, 9.17) is 9.84 Å². The normalized spacial score (nSPS) is 13.2. The third-order valence-electron chi connectivity index (χ3n) is 2.17. The van der Waals surface area contributed by atoms with Crippen LogP contribution in [0.4, 0.5) is 0 Å². The van der Waals surface area contributed by atoms with Crippen molar-refractivity contribution in [3.05, 3.63) is 16.1 Å². The lowest BCUT2D eigenvalue weighted by Crippen LogP contribution is -2.39. The Morgan fingerprint density at radius 2 is 2.38 bits per heavy atom. The van der Waals surface area contributed by atoms with Gasteiger partial charge in [0.25, 0.3) is 6.23 Å². The zero-order valence-corrected chi connectivity index (χ0v) is 9.10. The van der Waals surface area contributed by atoms with Gasteiger partial charge in [0.15, 0.2) is 5.69 Å². The highest BCUT2D eigenvalue weighted by atomic mass is 32.1. The van der Waals surface area contributed by atoms with Crippen molar-refractivity contribution >= 4 is 11.3 Å². The summed E-state index contributed by atoms with van der Waals surface area (Å²) in [6, 6.07) is 0. The minimum atomic E-state index is 0.0729. The van der Waals surface area contributed by atoms with Crippen LogP contribution in [0.5, 0.6) is 0 Å². The van der Waals surface area contributed by atoms with Crippen LogP contribution in [-0.4, -0.2) is 18.8 Å². The molecule has 0 aliphatic rings. The van der Waals surface area contributed by atoms with Crippen LogP contribution in [0.15, 0.2) is 5.51 Å². The molecule has 3 nitrogen and oxygen atoms in total. The summed E-state index contributed by atoms with van der Waals surface area (Å²) in [5.41, 5.74) is 3.22. The van der Waals surface area contributed by atoms with Crippen molar-refractivity contribution in [2.45, 2.75) is 26.5 Å². The van der Waals surface area contributed by atoms with Crippen molar-refractivity contribution in [1.29, 1.82) is 0 Å². The summed E-state index contributed by atoms with van der Waals surface area (Å²) in [7, 11) is 1.69. The number of methoxy groups -OCH3 is 1. The number of aliphatic hydroxyl groups is 1. The lowest BCUT2D eigenvalue weighted by atomic mass is 10.3. The third-order valence-corrected chi connectivity index (χ3v) is 3.29. The van der Waals surface area contributed by atoms with Crippen LogP contribution in [-0.2, 0) is 11.2 Å². The Kier molecular flexibility index (Phi) is 3.84. The molecule has 0 bridgehead atoms.